The second kappa shape index (κ2) is 6.31. The molecule has 0 saturated heterocycles. The summed E-state index contributed by atoms with van der Waals surface area (Å²) >= 11 is 1.70. The molecule has 92 valence electrons. The Bertz CT molecular complexity index is 512. The summed E-state index contributed by atoms with van der Waals surface area (Å²) in [6, 6.07) is 16.6. The van der Waals surface area contributed by atoms with E-state index in [1.54, 1.807) is 18.9 Å². The number of rotatable bonds is 4. The Morgan fingerprint density at radius 2 is 1.61 bits per heavy atom. The van der Waals surface area contributed by atoms with E-state index in [0.29, 0.717) is 0 Å². The van der Waals surface area contributed by atoms with Crippen molar-refractivity contribution in [3.8, 4) is 5.75 Å². The molecule has 2 aromatic carbocycles. The van der Waals surface area contributed by atoms with Crippen molar-refractivity contribution in [2.75, 3.05) is 7.11 Å². The zero-order chi connectivity index (χ0) is 12.8. The maximum Gasteiger partial charge on any atom is 0.118 e. The summed E-state index contributed by atoms with van der Waals surface area (Å²) in [4.78, 5) is 1.21. The van der Waals surface area contributed by atoms with Crippen molar-refractivity contribution in [1.29, 1.82) is 0 Å². The topological polar surface area (TPSA) is 9.23 Å². The molecule has 0 saturated carbocycles. The van der Waals surface area contributed by atoms with Crippen LogP contribution >= 0.6 is 11.8 Å². The van der Waals surface area contributed by atoms with E-state index in [1.165, 1.54) is 16.0 Å². The lowest BCUT2D eigenvalue weighted by Crippen LogP contribution is -1.80. The van der Waals surface area contributed by atoms with Crippen molar-refractivity contribution < 1.29 is 4.74 Å². The molecule has 0 aromatic heterocycles. The van der Waals surface area contributed by atoms with Crippen LogP contribution in [0, 0.1) is 6.92 Å². The number of aryl methyl sites for hydroxylation is 1. The quantitative estimate of drug-likeness (QED) is 0.729. The monoisotopic (exact) mass is 256 g/mol. The molecular formula is C16H16OS. The van der Waals surface area contributed by atoms with Crippen LogP contribution in [0.5, 0.6) is 5.75 Å². The maximum atomic E-state index is 5.13. The van der Waals surface area contributed by atoms with Crippen LogP contribution in [0.25, 0.3) is 6.08 Å². The molecule has 0 atom stereocenters. The standard InChI is InChI=1S/C16H16OS/c1-13-3-5-14(6-4-13)11-12-18-16-9-7-15(17-2)8-10-16/h3-12H,1-2H3/b12-11-. The highest BCUT2D eigenvalue weighted by molar-refractivity contribution is 8.02. The summed E-state index contributed by atoms with van der Waals surface area (Å²) < 4.78 is 5.13. The molecule has 2 rings (SSSR count). The summed E-state index contributed by atoms with van der Waals surface area (Å²) in [6.07, 6.45) is 2.12. The molecule has 0 fully saturated rings. The van der Waals surface area contributed by atoms with Gasteiger partial charge in [-0.1, -0.05) is 41.6 Å². The number of hydrogen-bond acceptors (Lipinski definition) is 2. The fraction of sp³-hybridized carbons (Fsp3) is 0.125. The minimum absolute atomic E-state index is 0.891. The Kier molecular flexibility index (Phi) is 4.48. The van der Waals surface area contributed by atoms with Crippen LogP contribution in [0.3, 0.4) is 0 Å². The molecular weight excluding hydrogens is 240 g/mol. The van der Waals surface area contributed by atoms with E-state index in [1.807, 2.05) is 12.1 Å². The highest BCUT2D eigenvalue weighted by Crippen LogP contribution is 2.23. The average molecular weight is 256 g/mol. The molecule has 2 aromatic rings. The first-order valence-corrected chi connectivity index (χ1v) is 6.70. The average Bonchev–Trinajstić information content (AvgIpc) is 2.42. The highest BCUT2D eigenvalue weighted by atomic mass is 32.2. The van der Waals surface area contributed by atoms with Gasteiger partial charge in [0.25, 0.3) is 0 Å². The predicted molar refractivity (Wildman–Crippen MR) is 79.1 cm³/mol. The van der Waals surface area contributed by atoms with Gasteiger partial charge < -0.3 is 4.74 Å². The molecule has 18 heavy (non-hydrogen) atoms. The summed E-state index contributed by atoms with van der Waals surface area (Å²) in [6.45, 7) is 2.10. The largest absolute Gasteiger partial charge is 0.497 e. The Balaban J connectivity index is 1.95. The van der Waals surface area contributed by atoms with Crippen LogP contribution in [0.15, 0.2) is 58.8 Å². The lowest BCUT2D eigenvalue weighted by atomic mass is 10.2. The minimum Gasteiger partial charge on any atom is -0.497 e. The van der Waals surface area contributed by atoms with Gasteiger partial charge in [-0.3, -0.25) is 0 Å². The Morgan fingerprint density at radius 1 is 0.944 bits per heavy atom. The summed E-state index contributed by atoms with van der Waals surface area (Å²) in [5.74, 6) is 0.891. The fourth-order valence-corrected chi connectivity index (χ4v) is 2.20. The van der Waals surface area contributed by atoms with Crippen molar-refractivity contribution in [3.05, 3.63) is 65.1 Å². The Labute approximate surface area is 112 Å². The summed E-state index contributed by atoms with van der Waals surface area (Å²) in [5.41, 5.74) is 2.51. The first-order valence-electron chi connectivity index (χ1n) is 5.82. The van der Waals surface area contributed by atoms with Gasteiger partial charge in [-0.05, 0) is 48.2 Å². The predicted octanol–water partition coefficient (Wildman–Crippen LogP) is 4.77. The second-order valence-corrected chi connectivity index (χ2v) is 4.99. The van der Waals surface area contributed by atoms with Crippen LogP contribution in [-0.4, -0.2) is 7.11 Å². The molecule has 0 unspecified atom stereocenters. The number of thioether (sulfide) groups is 1. The van der Waals surface area contributed by atoms with E-state index < -0.39 is 0 Å². The van der Waals surface area contributed by atoms with E-state index in [4.69, 9.17) is 4.74 Å². The van der Waals surface area contributed by atoms with Crippen molar-refractivity contribution in [2.24, 2.45) is 0 Å². The molecule has 0 aliphatic rings. The van der Waals surface area contributed by atoms with Gasteiger partial charge in [-0.25, -0.2) is 0 Å². The minimum atomic E-state index is 0.891. The van der Waals surface area contributed by atoms with Gasteiger partial charge in [-0.15, -0.1) is 0 Å². The van der Waals surface area contributed by atoms with Gasteiger partial charge in [0.05, 0.1) is 7.11 Å². The molecule has 1 nitrogen and oxygen atoms in total. The number of ether oxygens (including phenoxy) is 1. The van der Waals surface area contributed by atoms with Crippen molar-refractivity contribution in [1.82, 2.24) is 0 Å². The fourth-order valence-electron chi connectivity index (χ4n) is 1.52. The van der Waals surface area contributed by atoms with Crippen LogP contribution < -0.4 is 4.74 Å². The lowest BCUT2D eigenvalue weighted by molar-refractivity contribution is 0.414. The zero-order valence-electron chi connectivity index (χ0n) is 10.6. The molecule has 0 amide bonds. The third-order valence-corrected chi connectivity index (χ3v) is 3.42. The second-order valence-electron chi connectivity index (χ2n) is 4.01. The van der Waals surface area contributed by atoms with E-state index in [9.17, 15) is 0 Å². The van der Waals surface area contributed by atoms with Crippen molar-refractivity contribution in [2.45, 2.75) is 11.8 Å². The van der Waals surface area contributed by atoms with E-state index in [0.717, 1.165) is 5.75 Å². The van der Waals surface area contributed by atoms with Crippen LogP contribution in [0.4, 0.5) is 0 Å². The summed E-state index contributed by atoms with van der Waals surface area (Å²) in [7, 11) is 1.68. The molecule has 0 heterocycles. The first kappa shape index (κ1) is 12.8. The molecule has 2 heteroatoms. The van der Waals surface area contributed by atoms with Gasteiger partial charge in [0.15, 0.2) is 0 Å². The van der Waals surface area contributed by atoms with Gasteiger partial charge >= 0.3 is 0 Å². The number of methoxy groups -OCH3 is 1. The molecule has 0 radical (unpaired) electrons. The molecule has 0 aliphatic carbocycles. The van der Waals surface area contributed by atoms with Crippen LogP contribution in [0.2, 0.25) is 0 Å². The van der Waals surface area contributed by atoms with Gasteiger partial charge in [0, 0.05) is 4.90 Å². The van der Waals surface area contributed by atoms with Crippen molar-refractivity contribution >= 4 is 17.8 Å². The third-order valence-electron chi connectivity index (χ3n) is 2.60. The third kappa shape index (κ3) is 3.67. The zero-order valence-corrected chi connectivity index (χ0v) is 11.4. The van der Waals surface area contributed by atoms with Crippen LogP contribution in [0.1, 0.15) is 11.1 Å². The van der Waals surface area contributed by atoms with Gasteiger partial charge in [-0.2, -0.15) is 0 Å². The highest BCUT2D eigenvalue weighted by Gasteiger charge is 1.92. The maximum absolute atomic E-state index is 5.13. The normalized spacial score (nSPS) is 10.8. The van der Waals surface area contributed by atoms with Gasteiger partial charge in [0.2, 0.25) is 0 Å². The van der Waals surface area contributed by atoms with Crippen LogP contribution in [-0.2, 0) is 0 Å². The van der Waals surface area contributed by atoms with Gasteiger partial charge in [0.1, 0.15) is 5.75 Å². The number of hydrogen-bond donors (Lipinski definition) is 0. The Hall–Kier alpha value is -1.67. The molecule has 0 spiro atoms. The lowest BCUT2D eigenvalue weighted by Gasteiger charge is -2.00. The smallest absolute Gasteiger partial charge is 0.118 e. The van der Waals surface area contributed by atoms with E-state index in [-0.39, 0.29) is 0 Å². The molecule has 0 bridgehead atoms. The molecule has 0 N–H and O–H groups in total. The van der Waals surface area contributed by atoms with E-state index >= 15 is 0 Å². The molecule has 0 aliphatic heterocycles. The first-order chi connectivity index (χ1) is 8.78. The number of benzene rings is 2. The van der Waals surface area contributed by atoms with E-state index in [2.05, 4.69) is 54.8 Å². The SMILES string of the molecule is COc1ccc(S/C=C\c2ccc(C)cc2)cc1. The van der Waals surface area contributed by atoms with Crippen molar-refractivity contribution in [3.63, 3.8) is 0 Å². The summed E-state index contributed by atoms with van der Waals surface area (Å²) in [5, 5.41) is 2.10. The Morgan fingerprint density at radius 3 is 2.22 bits per heavy atom.